The van der Waals surface area contributed by atoms with Crippen molar-refractivity contribution in [2.75, 3.05) is 44.7 Å². The summed E-state index contributed by atoms with van der Waals surface area (Å²) in [7, 11) is -1.42. The molecule has 0 unspecified atom stereocenters. The predicted molar refractivity (Wildman–Crippen MR) is 116 cm³/mol. The largest absolute Gasteiger partial charge is 0.354 e. The molecule has 2 fully saturated rings. The summed E-state index contributed by atoms with van der Waals surface area (Å²) in [6.45, 7) is 6.34. The summed E-state index contributed by atoms with van der Waals surface area (Å²) >= 11 is 0. The fourth-order valence-electron chi connectivity index (χ4n) is 4.30. The Hall–Kier alpha value is -1.96. The Bertz CT molecular complexity index is 938. The van der Waals surface area contributed by atoms with E-state index in [-0.39, 0.29) is 6.04 Å². The predicted octanol–water partition coefficient (Wildman–Crippen LogP) is 3.06. The highest BCUT2D eigenvalue weighted by Gasteiger charge is 2.36. The van der Waals surface area contributed by atoms with Crippen LogP contribution in [0.1, 0.15) is 36.4 Å². The Labute approximate surface area is 174 Å². The van der Waals surface area contributed by atoms with E-state index in [4.69, 9.17) is 0 Å². The maximum atomic E-state index is 13.5. The lowest BCUT2D eigenvalue weighted by molar-refractivity contribution is 0.254. The van der Waals surface area contributed by atoms with Crippen LogP contribution in [0.2, 0.25) is 0 Å². The number of likely N-dealkylation sites (N-methyl/N-ethyl adjacent to an activating group) is 1. The first kappa shape index (κ1) is 20.3. The van der Waals surface area contributed by atoms with Crippen molar-refractivity contribution in [2.24, 2.45) is 0 Å². The van der Waals surface area contributed by atoms with Gasteiger partial charge in [0.15, 0.2) is 0 Å². The van der Waals surface area contributed by atoms with Gasteiger partial charge in [0.05, 0.1) is 10.9 Å². The third-order valence-corrected chi connectivity index (χ3v) is 7.98. The molecule has 156 valence electrons. The molecule has 2 aliphatic heterocycles. The van der Waals surface area contributed by atoms with E-state index in [9.17, 15) is 8.42 Å². The Morgan fingerprint density at radius 3 is 2.41 bits per heavy atom. The highest BCUT2D eigenvalue weighted by molar-refractivity contribution is 7.89. The first-order chi connectivity index (χ1) is 14.0. The minimum absolute atomic E-state index is 0.168. The molecule has 29 heavy (non-hydrogen) atoms. The topological polar surface area (TPSA) is 56.8 Å². The van der Waals surface area contributed by atoms with E-state index in [0.717, 1.165) is 62.4 Å². The number of piperazine rings is 1. The summed E-state index contributed by atoms with van der Waals surface area (Å²) in [5.74, 6) is 0.941. The van der Waals surface area contributed by atoms with E-state index in [1.807, 2.05) is 31.3 Å². The van der Waals surface area contributed by atoms with Crippen molar-refractivity contribution in [3.63, 3.8) is 0 Å². The Kier molecular flexibility index (Phi) is 5.90. The number of hydrogen-bond acceptors (Lipinski definition) is 5. The van der Waals surface area contributed by atoms with Crippen LogP contribution < -0.4 is 4.90 Å². The summed E-state index contributed by atoms with van der Waals surface area (Å²) in [6, 6.07) is 11.0. The molecule has 0 aliphatic carbocycles. The maximum absolute atomic E-state index is 13.5. The molecule has 3 heterocycles. The lowest BCUT2D eigenvalue weighted by Crippen LogP contribution is -2.46. The molecular weight excluding hydrogens is 384 g/mol. The maximum Gasteiger partial charge on any atom is 0.243 e. The third kappa shape index (κ3) is 4.17. The molecular formula is C22H30N4O2S. The summed E-state index contributed by atoms with van der Waals surface area (Å²) < 4.78 is 28.7. The van der Waals surface area contributed by atoms with Gasteiger partial charge >= 0.3 is 0 Å². The van der Waals surface area contributed by atoms with Crippen LogP contribution in [0, 0.1) is 6.92 Å². The molecule has 4 rings (SSSR count). The molecule has 2 saturated heterocycles. The zero-order valence-electron chi connectivity index (χ0n) is 17.3. The van der Waals surface area contributed by atoms with Crippen molar-refractivity contribution in [1.82, 2.24) is 14.2 Å². The number of hydrogen-bond donors (Lipinski definition) is 0. The average molecular weight is 415 g/mol. The summed E-state index contributed by atoms with van der Waals surface area (Å²) in [5.41, 5.74) is 2.09. The number of rotatable bonds is 4. The van der Waals surface area contributed by atoms with Gasteiger partial charge < -0.3 is 9.80 Å². The Morgan fingerprint density at radius 1 is 0.966 bits per heavy atom. The van der Waals surface area contributed by atoms with Crippen LogP contribution in [0.5, 0.6) is 0 Å². The molecule has 0 radical (unpaired) electrons. The third-order valence-electron chi connectivity index (χ3n) is 6.06. The Balaban J connectivity index is 1.69. The molecule has 0 bridgehead atoms. The van der Waals surface area contributed by atoms with Crippen molar-refractivity contribution < 1.29 is 8.42 Å². The summed E-state index contributed by atoms with van der Waals surface area (Å²) in [6.07, 6.45) is 4.57. The standard InChI is InChI=1S/C22H30N4O2S/c1-18-8-10-19(11-9-18)29(27,28)26-13-4-3-7-21(26)20-6-5-12-23-22(20)25-16-14-24(2)15-17-25/h5-6,8-12,21H,3-4,7,13-17H2,1-2H3/t21-/m0/s1. The van der Waals surface area contributed by atoms with E-state index < -0.39 is 10.0 Å². The zero-order valence-corrected chi connectivity index (χ0v) is 18.1. The van der Waals surface area contributed by atoms with Crippen LogP contribution in [0.4, 0.5) is 5.82 Å². The van der Waals surface area contributed by atoms with Crippen LogP contribution >= 0.6 is 0 Å². The van der Waals surface area contributed by atoms with E-state index in [1.54, 1.807) is 16.4 Å². The second kappa shape index (κ2) is 8.42. The second-order valence-electron chi connectivity index (χ2n) is 8.15. The van der Waals surface area contributed by atoms with Crippen molar-refractivity contribution in [3.05, 3.63) is 53.7 Å². The van der Waals surface area contributed by atoms with Crippen LogP contribution in [0.3, 0.4) is 0 Å². The number of nitrogens with zero attached hydrogens (tertiary/aromatic N) is 4. The molecule has 0 saturated carbocycles. The molecule has 1 atom stereocenters. The summed E-state index contributed by atoms with van der Waals surface area (Å²) in [5, 5.41) is 0. The Morgan fingerprint density at radius 2 is 1.69 bits per heavy atom. The average Bonchev–Trinajstić information content (AvgIpc) is 2.75. The van der Waals surface area contributed by atoms with Crippen LogP contribution in [0.25, 0.3) is 0 Å². The number of benzene rings is 1. The van der Waals surface area contributed by atoms with Gasteiger partial charge in [-0.15, -0.1) is 0 Å². The number of aromatic nitrogens is 1. The first-order valence-corrected chi connectivity index (χ1v) is 11.9. The fraction of sp³-hybridized carbons (Fsp3) is 0.500. The molecule has 2 aliphatic rings. The lowest BCUT2D eigenvalue weighted by atomic mass is 9.97. The van der Waals surface area contributed by atoms with Crippen molar-refractivity contribution in [3.8, 4) is 0 Å². The fourth-order valence-corrected chi connectivity index (χ4v) is 5.98. The van der Waals surface area contributed by atoms with Gasteiger partial charge in [0.25, 0.3) is 0 Å². The van der Waals surface area contributed by atoms with Crippen LogP contribution in [0.15, 0.2) is 47.5 Å². The quantitative estimate of drug-likeness (QED) is 0.770. The van der Waals surface area contributed by atoms with E-state index in [1.165, 1.54) is 0 Å². The highest BCUT2D eigenvalue weighted by atomic mass is 32.2. The first-order valence-electron chi connectivity index (χ1n) is 10.4. The van der Waals surface area contributed by atoms with Crippen molar-refractivity contribution in [2.45, 2.75) is 37.1 Å². The number of anilines is 1. The monoisotopic (exact) mass is 414 g/mol. The normalized spacial score (nSPS) is 22.0. The molecule has 0 amide bonds. The van der Waals surface area contributed by atoms with Crippen LogP contribution in [-0.4, -0.2) is 62.4 Å². The van der Waals surface area contributed by atoms with Crippen molar-refractivity contribution in [1.29, 1.82) is 0 Å². The van der Waals surface area contributed by atoms with E-state index >= 15 is 0 Å². The number of aryl methyl sites for hydroxylation is 1. The number of piperidine rings is 1. The van der Waals surface area contributed by atoms with Gasteiger partial charge in [-0.05, 0) is 45.0 Å². The molecule has 0 N–H and O–H groups in total. The zero-order chi connectivity index (χ0) is 20.4. The molecule has 1 aromatic carbocycles. The highest BCUT2D eigenvalue weighted by Crippen LogP contribution is 2.39. The second-order valence-corrected chi connectivity index (χ2v) is 10.0. The van der Waals surface area contributed by atoms with Crippen LogP contribution in [-0.2, 0) is 10.0 Å². The summed E-state index contributed by atoms with van der Waals surface area (Å²) in [4.78, 5) is 9.68. The number of sulfonamides is 1. The molecule has 0 spiro atoms. The van der Waals surface area contributed by atoms with Gasteiger partial charge in [-0.25, -0.2) is 13.4 Å². The smallest absolute Gasteiger partial charge is 0.243 e. The molecule has 6 nitrogen and oxygen atoms in total. The number of pyridine rings is 1. The van der Waals surface area contributed by atoms with Gasteiger partial charge in [0.1, 0.15) is 5.82 Å². The van der Waals surface area contributed by atoms with Crippen molar-refractivity contribution >= 4 is 15.8 Å². The molecule has 7 heteroatoms. The minimum atomic E-state index is -3.55. The molecule has 1 aromatic heterocycles. The van der Waals surface area contributed by atoms with E-state index in [2.05, 4.69) is 27.9 Å². The van der Waals surface area contributed by atoms with E-state index in [0.29, 0.717) is 11.4 Å². The van der Waals surface area contributed by atoms with Gasteiger partial charge in [0, 0.05) is 44.5 Å². The molecule has 2 aromatic rings. The van der Waals surface area contributed by atoms with Gasteiger partial charge in [-0.3, -0.25) is 0 Å². The van der Waals surface area contributed by atoms with Gasteiger partial charge in [0.2, 0.25) is 10.0 Å². The lowest BCUT2D eigenvalue weighted by Gasteiger charge is -2.39. The minimum Gasteiger partial charge on any atom is -0.354 e. The SMILES string of the molecule is Cc1ccc(S(=O)(=O)N2CCCC[C@H]2c2cccnc2N2CCN(C)CC2)cc1. The van der Waals surface area contributed by atoms with Gasteiger partial charge in [-0.1, -0.05) is 30.2 Å². The van der Waals surface area contributed by atoms with Gasteiger partial charge in [-0.2, -0.15) is 4.31 Å².